The van der Waals surface area contributed by atoms with Gasteiger partial charge in [0.1, 0.15) is 5.82 Å². The van der Waals surface area contributed by atoms with Gasteiger partial charge < -0.3 is 10.7 Å². The molecule has 6 nitrogen and oxygen atoms in total. The molecule has 7 heteroatoms. The highest BCUT2D eigenvalue weighted by Crippen LogP contribution is 2.36. The van der Waals surface area contributed by atoms with E-state index in [4.69, 9.17) is 5.73 Å². The van der Waals surface area contributed by atoms with Gasteiger partial charge in [0.15, 0.2) is 5.03 Å². The molecule has 1 aliphatic rings. The molecular weight excluding hydrogens is 252 g/mol. The number of imidazole rings is 1. The molecule has 0 bridgehead atoms. The first kappa shape index (κ1) is 13.5. The number of sulfonamides is 1. The van der Waals surface area contributed by atoms with E-state index >= 15 is 0 Å². The lowest BCUT2D eigenvalue weighted by atomic mass is 9.98. The van der Waals surface area contributed by atoms with Crippen LogP contribution in [0.4, 0.5) is 0 Å². The normalized spacial score (nSPS) is 19.6. The standard InChI is InChI=1S/C11H20N4O2S/c1-9-13-7-10(14-9)18(16,17)15(2)11(8-12)5-3-4-6-11/h7H,3-6,8,12H2,1-2H3,(H,13,14). The second-order valence-corrected chi connectivity index (χ2v) is 6.88. The molecule has 0 atom stereocenters. The van der Waals surface area contributed by atoms with E-state index < -0.39 is 15.6 Å². The van der Waals surface area contributed by atoms with E-state index in [1.54, 1.807) is 14.0 Å². The molecule has 0 aliphatic heterocycles. The first-order valence-corrected chi connectivity index (χ1v) is 7.57. The zero-order valence-electron chi connectivity index (χ0n) is 10.8. The van der Waals surface area contributed by atoms with Crippen LogP contribution in [0.2, 0.25) is 0 Å². The van der Waals surface area contributed by atoms with Crippen molar-refractivity contribution in [1.82, 2.24) is 14.3 Å². The van der Waals surface area contributed by atoms with Crippen molar-refractivity contribution >= 4 is 10.0 Å². The van der Waals surface area contributed by atoms with Gasteiger partial charge in [-0.2, -0.15) is 4.31 Å². The van der Waals surface area contributed by atoms with Crippen molar-refractivity contribution in [3.05, 3.63) is 12.0 Å². The fraction of sp³-hybridized carbons (Fsp3) is 0.727. The first-order valence-electron chi connectivity index (χ1n) is 6.13. The molecule has 0 radical (unpaired) electrons. The predicted octanol–water partition coefficient (Wildman–Crippen LogP) is 0.610. The van der Waals surface area contributed by atoms with Gasteiger partial charge in [0.05, 0.1) is 6.20 Å². The van der Waals surface area contributed by atoms with Gasteiger partial charge in [-0.05, 0) is 19.8 Å². The number of rotatable bonds is 4. The largest absolute Gasteiger partial charge is 0.332 e. The van der Waals surface area contributed by atoms with E-state index in [0.29, 0.717) is 12.4 Å². The highest BCUT2D eigenvalue weighted by molar-refractivity contribution is 7.89. The molecule has 18 heavy (non-hydrogen) atoms. The SMILES string of the molecule is Cc1ncc(S(=O)(=O)N(C)C2(CN)CCCC2)[nH]1. The molecule has 2 rings (SSSR count). The Bertz CT molecular complexity index is 517. The summed E-state index contributed by atoms with van der Waals surface area (Å²) < 4.78 is 26.4. The van der Waals surface area contributed by atoms with Crippen molar-refractivity contribution in [3.63, 3.8) is 0 Å². The Kier molecular flexibility index (Phi) is 3.48. The number of likely N-dealkylation sites (N-methyl/N-ethyl adjacent to an activating group) is 1. The summed E-state index contributed by atoms with van der Waals surface area (Å²) in [4.78, 5) is 6.73. The summed E-state index contributed by atoms with van der Waals surface area (Å²) in [5.74, 6) is 0.593. The maximum atomic E-state index is 12.5. The molecule has 0 unspecified atom stereocenters. The Labute approximate surface area is 108 Å². The minimum Gasteiger partial charge on any atom is -0.332 e. The molecule has 1 saturated carbocycles. The van der Waals surface area contributed by atoms with Crippen molar-refractivity contribution in [2.24, 2.45) is 5.73 Å². The van der Waals surface area contributed by atoms with Gasteiger partial charge in [0.25, 0.3) is 10.0 Å². The Morgan fingerprint density at radius 1 is 1.50 bits per heavy atom. The number of H-pyrrole nitrogens is 1. The lowest BCUT2D eigenvalue weighted by Gasteiger charge is -2.36. The Morgan fingerprint density at radius 2 is 2.11 bits per heavy atom. The third-order valence-electron chi connectivity index (χ3n) is 3.90. The second-order valence-electron chi connectivity index (χ2n) is 4.94. The number of hydrogen-bond acceptors (Lipinski definition) is 4. The van der Waals surface area contributed by atoms with Gasteiger partial charge in [0.2, 0.25) is 0 Å². The first-order chi connectivity index (χ1) is 8.42. The molecule has 102 valence electrons. The molecule has 1 aromatic rings. The number of nitrogens with one attached hydrogen (secondary N) is 1. The van der Waals surface area contributed by atoms with Crippen molar-refractivity contribution < 1.29 is 8.42 Å². The third-order valence-corrected chi connectivity index (χ3v) is 5.77. The fourth-order valence-electron chi connectivity index (χ4n) is 2.61. The van der Waals surface area contributed by atoms with E-state index in [9.17, 15) is 8.42 Å². The van der Waals surface area contributed by atoms with Gasteiger partial charge >= 0.3 is 0 Å². The van der Waals surface area contributed by atoms with Gasteiger partial charge in [-0.25, -0.2) is 13.4 Å². The maximum Gasteiger partial charge on any atom is 0.260 e. The Balaban J connectivity index is 2.35. The summed E-state index contributed by atoms with van der Waals surface area (Å²) in [6, 6.07) is 0. The quantitative estimate of drug-likeness (QED) is 0.840. The van der Waals surface area contributed by atoms with Crippen LogP contribution < -0.4 is 5.73 Å². The number of aryl methyl sites for hydroxylation is 1. The van der Waals surface area contributed by atoms with E-state index in [0.717, 1.165) is 25.7 Å². The molecule has 1 fully saturated rings. The van der Waals surface area contributed by atoms with Crippen LogP contribution in [0.25, 0.3) is 0 Å². The predicted molar refractivity (Wildman–Crippen MR) is 68.5 cm³/mol. The summed E-state index contributed by atoms with van der Waals surface area (Å²) in [6.45, 7) is 2.09. The van der Waals surface area contributed by atoms with Crippen molar-refractivity contribution in [1.29, 1.82) is 0 Å². The minimum atomic E-state index is -3.54. The third kappa shape index (κ3) is 2.06. The lowest BCUT2D eigenvalue weighted by molar-refractivity contribution is 0.230. The van der Waals surface area contributed by atoms with Gasteiger partial charge in [-0.15, -0.1) is 0 Å². The molecule has 1 aliphatic carbocycles. The van der Waals surface area contributed by atoms with Crippen molar-refractivity contribution in [2.75, 3.05) is 13.6 Å². The number of nitrogens with zero attached hydrogens (tertiary/aromatic N) is 2. The van der Waals surface area contributed by atoms with Crippen LogP contribution in [0, 0.1) is 6.92 Å². The van der Waals surface area contributed by atoms with Gasteiger partial charge in [-0.1, -0.05) is 12.8 Å². The monoisotopic (exact) mass is 272 g/mol. The summed E-state index contributed by atoms with van der Waals surface area (Å²) in [5, 5.41) is 0.141. The minimum absolute atomic E-state index is 0.141. The summed E-state index contributed by atoms with van der Waals surface area (Å²) in [7, 11) is -1.92. The van der Waals surface area contributed by atoms with Gasteiger partial charge in [-0.3, -0.25) is 0 Å². The zero-order chi connectivity index (χ0) is 13.4. The number of nitrogens with two attached hydrogens (primary N) is 1. The highest BCUT2D eigenvalue weighted by Gasteiger charge is 2.43. The van der Waals surface area contributed by atoms with Gasteiger partial charge in [0, 0.05) is 19.1 Å². The summed E-state index contributed by atoms with van der Waals surface area (Å²) in [5.41, 5.74) is 5.39. The molecule has 3 N–H and O–H groups in total. The number of aromatic nitrogens is 2. The average Bonchev–Trinajstić information content (AvgIpc) is 2.97. The molecule has 0 saturated heterocycles. The van der Waals surface area contributed by atoms with Crippen molar-refractivity contribution in [3.8, 4) is 0 Å². The fourth-order valence-corrected chi connectivity index (χ4v) is 4.14. The molecule has 0 spiro atoms. The summed E-state index contributed by atoms with van der Waals surface area (Å²) >= 11 is 0. The zero-order valence-corrected chi connectivity index (χ0v) is 11.6. The second kappa shape index (κ2) is 4.64. The van der Waals surface area contributed by atoms with Crippen LogP contribution in [0.3, 0.4) is 0 Å². The maximum absolute atomic E-state index is 12.5. The summed E-state index contributed by atoms with van der Waals surface area (Å²) in [6.07, 6.45) is 5.07. The smallest absolute Gasteiger partial charge is 0.260 e. The van der Waals surface area contributed by atoms with Crippen LogP contribution in [-0.2, 0) is 10.0 Å². The molecule has 1 aromatic heterocycles. The molecule has 1 heterocycles. The topological polar surface area (TPSA) is 92.1 Å². The van der Waals surface area contributed by atoms with Crippen LogP contribution >= 0.6 is 0 Å². The Morgan fingerprint density at radius 3 is 2.56 bits per heavy atom. The van der Waals surface area contributed by atoms with Crippen LogP contribution in [0.5, 0.6) is 0 Å². The average molecular weight is 272 g/mol. The van der Waals surface area contributed by atoms with Crippen molar-refractivity contribution in [2.45, 2.75) is 43.2 Å². The number of hydrogen-bond donors (Lipinski definition) is 2. The lowest BCUT2D eigenvalue weighted by Crippen LogP contribution is -2.52. The molecule has 0 aromatic carbocycles. The van der Waals surface area contributed by atoms with E-state index in [-0.39, 0.29) is 5.03 Å². The van der Waals surface area contributed by atoms with E-state index in [1.807, 2.05) is 0 Å². The highest BCUT2D eigenvalue weighted by atomic mass is 32.2. The van der Waals surface area contributed by atoms with Crippen LogP contribution in [0.1, 0.15) is 31.5 Å². The molecular formula is C11H20N4O2S. The number of aromatic amines is 1. The van der Waals surface area contributed by atoms with E-state index in [1.165, 1.54) is 10.5 Å². The Hall–Kier alpha value is -0.920. The molecule has 0 amide bonds. The van der Waals surface area contributed by atoms with Crippen LogP contribution in [-0.4, -0.2) is 41.8 Å². The van der Waals surface area contributed by atoms with Crippen LogP contribution in [0.15, 0.2) is 11.2 Å². The van der Waals surface area contributed by atoms with E-state index in [2.05, 4.69) is 9.97 Å².